The standard InChI is InChI=1S/C40H39BN2/c1-24-14-17-34-29(18-24)31-19-25(2)20-32-30-21-27(40(6,7)8)23-36-37(30)41(43(34)38(31)32)33-16-15-26(39(3,4)5)22-35(33)42(36)28-12-10-9-11-13-28/h9-23H,1-8H3. The first-order chi connectivity index (χ1) is 20.4. The highest BCUT2D eigenvalue weighted by Gasteiger charge is 2.43. The van der Waals surface area contributed by atoms with E-state index in [9.17, 15) is 0 Å². The molecule has 3 heteroatoms. The summed E-state index contributed by atoms with van der Waals surface area (Å²) in [5.74, 6) is 0. The van der Waals surface area contributed by atoms with Crippen molar-refractivity contribution >= 4 is 56.6 Å². The lowest BCUT2D eigenvalue weighted by molar-refractivity contribution is 0.590. The highest BCUT2D eigenvalue weighted by Crippen LogP contribution is 2.47. The average Bonchev–Trinajstić information content (AvgIpc) is 3.27. The molecule has 2 nitrogen and oxygen atoms in total. The summed E-state index contributed by atoms with van der Waals surface area (Å²) in [6, 6.07) is 35.1. The maximum Gasteiger partial charge on any atom is 0.333 e. The summed E-state index contributed by atoms with van der Waals surface area (Å²) in [5.41, 5.74) is 17.3. The number of para-hydroxylation sites is 1. The molecule has 1 aromatic heterocycles. The Morgan fingerprint density at radius 3 is 2.00 bits per heavy atom. The van der Waals surface area contributed by atoms with Crippen LogP contribution in [0.25, 0.3) is 32.9 Å². The SMILES string of the molecule is Cc1ccc2c(c1)c1cc(C)cc3c1n2B1c2ccc(C(C)(C)C)cc2N(c2ccccc2)c2cc(C(C)(C)C)cc-3c21. The maximum atomic E-state index is 2.67. The van der Waals surface area contributed by atoms with Crippen LogP contribution in [0.5, 0.6) is 0 Å². The van der Waals surface area contributed by atoms with Crippen molar-refractivity contribution in [3.63, 3.8) is 0 Å². The van der Waals surface area contributed by atoms with Crippen LogP contribution in [0.2, 0.25) is 0 Å². The van der Waals surface area contributed by atoms with E-state index in [0.717, 1.165) is 0 Å². The number of rotatable bonds is 1. The van der Waals surface area contributed by atoms with Gasteiger partial charge in [0.05, 0.1) is 0 Å². The zero-order valence-electron chi connectivity index (χ0n) is 26.6. The Labute approximate surface area is 256 Å². The van der Waals surface area contributed by atoms with Crippen molar-refractivity contribution in [3.8, 4) is 11.1 Å². The fraction of sp³-hybridized carbons (Fsp3) is 0.250. The third-order valence-corrected chi connectivity index (χ3v) is 9.73. The van der Waals surface area contributed by atoms with Crippen molar-refractivity contribution in [2.45, 2.75) is 66.2 Å². The molecule has 0 unspecified atom stereocenters. The van der Waals surface area contributed by atoms with Crippen LogP contribution >= 0.6 is 0 Å². The summed E-state index contributed by atoms with van der Waals surface area (Å²) in [7, 11) is 0. The van der Waals surface area contributed by atoms with Gasteiger partial charge in [0.2, 0.25) is 0 Å². The number of anilines is 3. The summed E-state index contributed by atoms with van der Waals surface area (Å²) in [4.78, 5) is 2.54. The number of benzene rings is 5. The van der Waals surface area contributed by atoms with Gasteiger partial charge in [-0.15, -0.1) is 0 Å². The van der Waals surface area contributed by atoms with Gasteiger partial charge in [-0.25, -0.2) is 0 Å². The molecule has 43 heavy (non-hydrogen) atoms. The average molecular weight is 559 g/mol. The first kappa shape index (κ1) is 26.4. The topological polar surface area (TPSA) is 8.17 Å². The number of fused-ring (bicyclic) bond motifs is 7. The van der Waals surface area contributed by atoms with Crippen molar-refractivity contribution in [2.75, 3.05) is 4.90 Å². The molecule has 0 fully saturated rings. The molecule has 6 aromatic rings. The molecule has 0 N–H and O–H groups in total. The minimum Gasteiger partial charge on any atom is -0.375 e. The van der Waals surface area contributed by atoms with Gasteiger partial charge in [-0.3, -0.25) is 0 Å². The Morgan fingerprint density at radius 2 is 1.28 bits per heavy atom. The van der Waals surface area contributed by atoms with Crippen molar-refractivity contribution in [2.24, 2.45) is 0 Å². The van der Waals surface area contributed by atoms with Crippen LogP contribution in [0.1, 0.15) is 63.8 Å². The van der Waals surface area contributed by atoms with Crippen LogP contribution in [-0.4, -0.2) is 11.3 Å². The number of aryl methyl sites for hydroxylation is 2. The minimum absolute atomic E-state index is 0.00112. The van der Waals surface area contributed by atoms with Crippen molar-refractivity contribution in [1.82, 2.24) is 4.48 Å². The fourth-order valence-corrected chi connectivity index (χ4v) is 7.52. The Hall–Kier alpha value is -4.24. The van der Waals surface area contributed by atoms with E-state index < -0.39 is 0 Å². The molecule has 2 aliphatic heterocycles. The van der Waals surface area contributed by atoms with Crippen LogP contribution in [0, 0.1) is 13.8 Å². The molecule has 0 radical (unpaired) electrons. The third-order valence-electron chi connectivity index (χ3n) is 9.73. The minimum atomic E-state index is 0.00112. The van der Waals surface area contributed by atoms with E-state index in [0.29, 0.717) is 0 Å². The molecule has 8 rings (SSSR count). The van der Waals surface area contributed by atoms with E-state index in [2.05, 4.69) is 156 Å². The van der Waals surface area contributed by atoms with Crippen LogP contribution in [0.4, 0.5) is 17.1 Å². The van der Waals surface area contributed by atoms with E-state index in [-0.39, 0.29) is 17.7 Å². The molecule has 0 saturated carbocycles. The van der Waals surface area contributed by atoms with Gasteiger partial charge < -0.3 is 9.38 Å². The number of hydrogen-bond donors (Lipinski definition) is 0. The third kappa shape index (κ3) is 3.73. The van der Waals surface area contributed by atoms with E-state index in [4.69, 9.17) is 0 Å². The van der Waals surface area contributed by atoms with Gasteiger partial charge in [-0.2, -0.15) is 0 Å². The summed E-state index contributed by atoms with van der Waals surface area (Å²) in [6.45, 7) is 18.5. The van der Waals surface area contributed by atoms with Gasteiger partial charge in [-0.05, 0) is 106 Å². The molecular formula is C40H39BN2. The van der Waals surface area contributed by atoms with Crippen molar-refractivity contribution in [1.29, 1.82) is 0 Å². The lowest BCUT2D eigenvalue weighted by atomic mass is 9.44. The lowest BCUT2D eigenvalue weighted by Gasteiger charge is -2.42. The molecule has 212 valence electrons. The van der Waals surface area contributed by atoms with Gasteiger partial charge in [0, 0.05) is 44.4 Å². The smallest absolute Gasteiger partial charge is 0.333 e. The second kappa shape index (κ2) is 8.66. The highest BCUT2D eigenvalue weighted by atomic mass is 15.2. The zero-order chi connectivity index (χ0) is 30.0. The molecule has 0 spiro atoms. The highest BCUT2D eigenvalue weighted by molar-refractivity contribution is 6.90. The summed E-state index contributed by atoms with van der Waals surface area (Å²) >= 11 is 0. The molecule has 2 aliphatic rings. The molecule has 0 bridgehead atoms. The molecule has 5 aromatic carbocycles. The summed E-state index contributed by atoms with van der Waals surface area (Å²) in [5, 5.41) is 2.71. The molecule has 0 saturated heterocycles. The normalized spacial score (nSPS) is 14.0. The van der Waals surface area contributed by atoms with Crippen molar-refractivity contribution < 1.29 is 0 Å². The largest absolute Gasteiger partial charge is 0.375 e. The van der Waals surface area contributed by atoms with E-state index in [1.807, 2.05) is 0 Å². The molecule has 0 atom stereocenters. The van der Waals surface area contributed by atoms with Gasteiger partial charge in [0.25, 0.3) is 0 Å². The quantitative estimate of drug-likeness (QED) is 0.182. The number of hydrogen-bond acceptors (Lipinski definition) is 1. The van der Waals surface area contributed by atoms with Gasteiger partial charge >= 0.3 is 6.85 Å². The summed E-state index contributed by atoms with van der Waals surface area (Å²) < 4.78 is 2.67. The fourth-order valence-electron chi connectivity index (χ4n) is 7.52. The van der Waals surface area contributed by atoms with Gasteiger partial charge in [0.15, 0.2) is 0 Å². The Bertz CT molecular complexity index is 2120. The monoisotopic (exact) mass is 558 g/mol. The first-order valence-corrected chi connectivity index (χ1v) is 15.6. The van der Waals surface area contributed by atoms with Gasteiger partial charge in [-0.1, -0.05) is 89.6 Å². The molecule has 0 aliphatic carbocycles. The maximum absolute atomic E-state index is 2.67. The predicted octanol–water partition coefficient (Wildman–Crippen LogP) is 9.42. The second-order valence-corrected chi connectivity index (χ2v) is 14.9. The Morgan fingerprint density at radius 1 is 0.581 bits per heavy atom. The van der Waals surface area contributed by atoms with Crippen LogP contribution < -0.4 is 15.8 Å². The molecule has 0 amide bonds. The van der Waals surface area contributed by atoms with Crippen LogP contribution in [0.3, 0.4) is 0 Å². The van der Waals surface area contributed by atoms with Crippen molar-refractivity contribution in [3.05, 3.63) is 113 Å². The van der Waals surface area contributed by atoms with Gasteiger partial charge in [0.1, 0.15) is 0 Å². The molecule has 3 heterocycles. The Balaban J connectivity index is 1.60. The lowest BCUT2D eigenvalue weighted by Crippen LogP contribution is -2.57. The second-order valence-electron chi connectivity index (χ2n) is 14.9. The molecular weight excluding hydrogens is 519 g/mol. The van der Waals surface area contributed by atoms with E-state index >= 15 is 0 Å². The van der Waals surface area contributed by atoms with E-state index in [1.165, 1.54) is 83.2 Å². The van der Waals surface area contributed by atoms with Crippen LogP contribution in [-0.2, 0) is 10.8 Å². The zero-order valence-corrected chi connectivity index (χ0v) is 26.6. The number of nitrogens with zero attached hydrogens (tertiary/aromatic N) is 2. The van der Waals surface area contributed by atoms with E-state index in [1.54, 1.807) is 0 Å². The predicted molar refractivity (Wildman–Crippen MR) is 187 cm³/mol. The Kier molecular flexibility index (Phi) is 5.32. The first-order valence-electron chi connectivity index (χ1n) is 15.6. The van der Waals surface area contributed by atoms with Crippen LogP contribution in [0.15, 0.2) is 91.0 Å². The number of aromatic nitrogens is 1. The summed E-state index contributed by atoms with van der Waals surface area (Å²) in [6.07, 6.45) is 0.